The van der Waals surface area contributed by atoms with Crippen molar-refractivity contribution in [2.75, 3.05) is 19.8 Å². The van der Waals surface area contributed by atoms with E-state index in [9.17, 15) is 4.79 Å². The molecule has 0 radical (unpaired) electrons. The van der Waals surface area contributed by atoms with Gasteiger partial charge in [-0.3, -0.25) is 4.79 Å². The average molecular weight is 285 g/mol. The van der Waals surface area contributed by atoms with Gasteiger partial charge in [-0.15, -0.1) is 0 Å². The molecule has 0 N–H and O–H groups in total. The van der Waals surface area contributed by atoms with E-state index in [1.165, 1.54) is 0 Å². The maximum Gasteiger partial charge on any atom is 0.188 e. The number of hydrogen-bond donors (Lipinski definition) is 0. The highest BCUT2D eigenvalue weighted by Crippen LogP contribution is 2.12. The Hall–Kier alpha value is -0.710. The molecule has 1 aliphatic rings. The van der Waals surface area contributed by atoms with Crippen molar-refractivity contribution in [3.8, 4) is 0 Å². The van der Waals surface area contributed by atoms with E-state index in [-0.39, 0.29) is 18.5 Å². The Morgan fingerprint density at radius 3 is 2.81 bits per heavy atom. The van der Waals surface area contributed by atoms with Crippen LogP contribution in [0.2, 0.25) is 0 Å². The van der Waals surface area contributed by atoms with E-state index >= 15 is 0 Å². The van der Waals surface area contributed by atoms with Gasteiger partial charge in [-0.1, -0.05) is 28.1 Å². The van der Waals surface area contributed by atoms with Gasteiger partial charge in [0.2, 0.25) is 0 Å². The van der Waals surface area contributed by atoms with Crippen molar-refractivity contribution in [3.05, 3.63) is 34.3 Å². The van der Waals surface area contributed by atoms with Gasteiger partial charge in [-0.05, 0) is 18.6 Å². The first-order valence-corrected chi connectivity index (χ1v) is 6.03. The van der Waals surface area contributed by atoms with Gasteiger partial charge in [0.1, 0.15) is 6.61 Å². The van der Waals surface area contributed by atoms with Crippen LogP contribution >= 0.6 is 15.9 Å². The Morgan fingerprint density at radius 2 is 2.19 bits per heavy atom. The Balaban J connectivity index is 1.85. The molecule has 0 aromatic heterocycles. The monoisotopic (exact) mass is 284 g/mol. The Labute approximate surface area is 103 Å². The molecule has 0 aliphatic carbocycles. The largest absolute Gasteiger partial charge is 0.379 e. The molecule has 0 saturated carbocycles. The minimum absolute atomic E-state index is 0.0133. The topological polar surface area (TPSA) is 35.5 Å². The van der Waals surface area contributed by atoms with Crippen LogP contribution in [0.3, 0.4) is 0 Å². The molecule has 4 heteroatoms. The quantitative estimate of drug-likeness (QED) is 0.797. The molecular weight excluding hydrogens is 272 g/mol. The Bertz CT molecular complexity index is 355. The van der Waals surface area contributed by atoms with Crippen molar-refractivity contribution in [2.24, 2.45) is 0 Å². The third-order valence-corrected chi connectivity index (χ3v) is 3.03. The Morgan fingerprint density at radius 1 is 1.44 bits per heavy atom. The first kappa shape index (κ1) is 11.8. The summed E-state index contributed by atoms with van der Waals surface area (Å²) in [6.45, 7) is 1.47. The second-order valence-corrected chi connectivity index (χ2v) is 4.64. The number of ether oxygens (including phenoxy) is 2. The third-order valence-electron chi connectivity index (χ3n) is 2.50. The van der Waals surface area contributed by atoms with Crippen molar-refractivity contribution in [3.63, 3.8) is 0 Å². The van der Waals surface area contributed by atoms with Gasteiger partial charge in [0.15, 0.2) is 5.78 Å². The van der Waals surface area contributed by atoms with E-state index < -0.39 is 0 Å². The summed E-state index contributed by atoms with van der Waals surface area (Å²) in [5, 5.41) is 0. The minimum Gasteiger partial charge on any atom is -0.379 e. The molecule has 1 aromatic rings. The fraction of sp³-hybridized carbons (Fsp3) is 0.417. The maximum atomic E-state index is 11.7. The van der Waals surface area contributed by atoms with Crippen LogP contribution in [0.4, 0.5) is 0 Å². The number of benzene rings is 1. The van der Waals surface area contributed by atoms with Crippen LogP contribution in [-0.4, -0.2) is 31.7 Å². The van der Waals surface area contributed by atoms with E-state index in [0.717, 1.165) is 17.5 Å². The van der Waals surface area contributed by atoms with Gasteiger partial charge < -0.3 is 9.47 Å². The first-order chi connectivity index (χ1) is 7.75. The summed E-state index contributed by atoms with van der Waals surface area (Å²) >= 11 is 3.33. The van der Waals surface area contributed by atoms with Crippen molar-refractivity contribution in [2.45, 2.75) is 12.5 Å². The summed E-state index contributed by atoms with van der Waals surface area (Å²) in [7, 11) is 0. The lowest BCUT2D eigenvalue weighted by atomic mass is 10.1. The summed E-state index contributed by atoms with van der Waals surface area (Å²) in [5.41, 5.74) is 0.683. The van der Waals surface area contributed by atoms with Crippen LogP contribution in [0.5, 0.6) is 0 Å². The van der Waals surface area contributed by atoms with Crippen LogP contribution in [0.1, 0.15) is 16.8 Å². The zero-order valence-corrected chi connectivity index (χ0v) is 10.4. The fourth-order valence-corrected chi connectivity index (χ4v) is 1.82. The van der Waals surface area contributed by atoms with Crippen molar-refractivity contribution in [1.29, 1.82) is 0 Å². The molecule has 1 aliphatic heterocycles. The molecule has 0 bridgehead atoms. The molecule has 0 amide bonds. The average Bonchev–Trinajstić information content (AvgIpc) is 2.80. The number of carbonyl (C=O) groups excluding carboxylic acids is 1. The van der Waals surface area contributed by atoms with E-state index in [2.05, 4.69) is 15.9 Å². The number of rotatable bonds is 4. The summed E-state index contributed by atoms with van der Waals surface area (Å²) in [6.07, 6.45) is 0.965. The normalized spacial score (nSPS) is 19.9. The molecule has 1 atom stereocenters. The zero-order chi connectivity index (χ0) is 11.4. The second kappa shape index (κ2) is 5.57. The summed E-state index contributed by atoms with van der Waals surface area (Å²) in [4.78, 5) is 11.7. The summed E-state index contributed by atoms with van der Waals surface area (Å²) < 4.78 is 11.6. The molecule has 86 valence electrons. The lowest BCUT2D eigenvalue weighted by Gasteiger charge is -2.08. The summed E-state index contributed by atoms with van der Waals surface area (Å²) in [6, 6.07) is 7.29. The van der Waals surface area contributed by atoms with E-state index in [0.29, 0.717) is 12.2 Å². The van der Waals surface area contributed by atoms with Crippen LogP contribution in [0, 0.1) is 0 Å². The van der Waals surface area contributed by atoms with Gasteiger partial charge in [-0.2, -0.15) is 0 Å². The smallest absolute Gasteiger partial charge is 0.188 e. The number of halogens is 1. The highest BCUT2D eigenvalue weighted by Gasteiger charge is 2.17. The molecular formula is C12H13BrO3. The fourth-order valence-electron chi connectivity index (χ4n) is 1.56. The molecule has 3 nitrogen and oxygen atoms in total. The highest BCUT2D eigenvalue weighted by atomic mass is 79.9. The molecule has 2 rings (SSSR count). The van der Waals surface area contributed by atoms with Crippen LogP contribution in [-0.2, 0) is 9.47 Å². The van der Waals surface area contributed by atoms with Crippen LogP contribution in [0.25, 0.3) is 0 Å². The highest BCUT2D eigenvalue weighted by molar-refractivity contribution is 9.10. The summed E-state index contributed by atoms with van der Waals surface area (Å²) in [5.74, 6) is 0.0133. The second-order valence-electron chi connectivity index (χ2n) is 3.73. The van der Waals surface area contributed by atoms with Gasteiger partial charge in [-0.25, -0.2) is 0 Å². The predicted molar refractivity (Wildman–Crippen MR) is 63.6 cm³/mol. The van der Waals surface area contributed by atoms with E-state index in [1.807, 2.05) is 12.1 Å². The van der Waals surface area contributed by atoms with Gasteiger partial charge >= 0.3 is 0 Å². The SMILES string of the molecule is O=C(COC1CCOC1)c1ccc(Br)cc1. The number of Topliss-reactive ketones (excluding diaryl/α,β-unsaturated/α-hetero) is 1. The molecule has 1 unspecified atom stereocenters. The number of carbonyl (C=O) groups is 1. The zero-order valence-electron chi connectivity index (χ0n) is 8.82. The number of ketones is 1. The van der Waals surface area contributed by atoms with Crippen molar-refractivity contribution < 1.29 is 14.3 Å². The Kier molecular flexibility index (Phi) is 4.09. The maximum absolute atomic E-state index is 11.7. The predicted octanol–water partition coefficient (Wildman–Crippen LogP) is 2.44. The van der Waals surface area contributed by atoms with Crippen molar-refractivity contribution in [1.82, 2.24) is 0 Å². The molecule has 1 fully saturated rings. The molecule has 1 saturated heterocycles. The first-order valence-electron chi connectivity index (χ1n) is 5.24. The standard InChI is InChI=1S/C12H13BrO3/c13-10-3-1-9(2-4-10)12(14)8-16-11-5-6-15-7-11/h1-4,11H,5-8H2. The van der Waals surface area contributed by atoms with Gasteiger partial charge in [0.05, 0.1) is 12.7 Å². The van der Waals surface area contributed by atoms with E-state index in [1.54, 1.807) is 12.1 Å². The molecule has 1 aromatic carbocycles. The molecule has 0 spiro atoms. The van der Waals surface area contributed by atoms with Crippen LogP contribution in [0.15, 0.2) is 28.7 Å². The minimum atomic E-state index is 0.0133. The van der Waals surface area contributed by atoms with Gasteiger partial charge in [0.25, 0.3) is 0 Å². The van der Waals surface area contributed by atoms with Gasteiger partial charge in [0, 0.05) is 16.6 Å². The molecule has 1 heterocycles. The van der Waals surface area contributed by atoms with Crippen molar-refractivity contribution >= 4 is 21.7 Å². The third kappa shape index (κ3) is 3.14. The van der Waals surface area contributed by atoms with Crippen LogP contribution < -0.4 is 0 Å². The molecule has 16 heavy (non-hydrogen) atoms. The lowest BCUT2D eigenvalue weighted by Crippen LogP contribution is -2.18. The van der Waals surface area contributed by atoms with E-state index in [4.69, 9.17) is 9.47 Å². The lowest BCUT2D eigenvalue weighted by molar-refractivity contribution is 0.0390. The number of hydrogen-bond acceptors (Lipinski definition) is 3.